The van der Waals surface area contributed by atoms with E-state index in [2.05, 4.69) is 66.3 Å². The lowest BCUT2D eigenvalue weighted by Crippen LogP contribution is -2.39. The van der Waals surface area contributed by atoms with Gasteiger partial charge in [0, 0.05) is 28.9 Å². The van der Waals surface area contributed by atoms with Crippen LogP contribution in [0.3, 0.4) is 0 Å². The maximum absolute atomic E-state index is 5.51. The van der Waals surface area contributed by atoms with Crippen LogP contribution in [0.25, 0.3) is 0 Å². The topological polar surface area (TPSA) is 25.2 Å². The van der Waals surface area contributed by atoms with Gasteiger partial charge in [0.1, 0.15) is 5.76 Å². The van der Waals surface area contributed by atoms with Crippen LogP contribution in [-0.2, 0) is 6.42 Å². The standard InChI is InChI=1S/C17H22BrNO/c1-17(2,3)19-12-13(11-14-7-6-10-20-14)15-8-4-5-9-16(15)18/h4-10,13,19H,11-12H2,1-3H3. The molecule has 0 aliphatic heterocycles. The molecule has 1 N–H and O–H groups in total. The van der Waals surface area contributed by atoms with Gasteiger partial charge in [-0.15, -0.1) is 0 Å². The zero-order valence-corrected chi connectivity index (χ0v) is 13.9. The lowest BCUT2D eigenvalue weighted by atomic mass is 9.93. The zero-order valence-electron chi connectivity index (χ0n) is 12.3. The first-order valence-electron chi connectivity index (χ1n) is 6.97. The molecule has 0 bridgehead atoms. The lowest BCUT2D eigenvalue weighted by Gasteiger charge is -2.26. The second-order valence-corrected chi connectivity index (χ2v) is 6.99. The molecule has 2 aromatic rings. The van der Waals surface area contributed by atoms with Gasteiger partial charge < -0.3 is 9.73 Å². The van der Waals surface area contributed by atoms with Crippen LogP contribution in [0.2, 0.25) is 0 Å². The van der Waals surface area contributed by atoms with Gasteiger partial charge in [0.05, 0.1) is 6.26 Å². The molecule has 1 heterocycles. The molecule has 1 aromatic heterocycles. The summed E-state index contributed by atoms with van der Waals surface area (Å²) < 4.78 is 6.67. The molecule has 0 saturated carbocycles. The number of benzene rings is 1. The monoisotopic (exact) mass is 335 g/mol. The maximum atomic E-state index is 5.51. The minimum Gasteiger partial charge on any atom is -0.469 e. The van der Waals surface area contributed by atoms with Gasteiger partial charge in [-0.25, -0.2) is 0 Å². The summed E-state index contributed by atoms with van der Waals surface area (Å²) in [6.45, 7) is 7.50. The van der Waals surface area contributed by atoms with Gasteiger partial charge in [-0.3, -0.25) is 0 Å². The van der Waals surface area contributed by atoms with Crippen LogP contribution in [0.4, 0.5) is 0 Å². The minimum absolute atomic E-state index is 0.114. The van der Waals surface area contributed by atoms with Gasteiger partial charge in [-0.1, -0.05) is 34.1 Å². The highest BCUT2D eigenvalue weighted by Gasteiger charge is 2.19. The Morgan fingerprint density at radius 3 is 2.50 bits per heavy atom. The van der Waals surface area contributed by atoms with Crippen molar-refractivity contribution in [2.45, 2.75) is 38.6 Å². The van der Waals surface area contributed by atoms with E-state index in [0.29, 0.717) is 5.92 Å². The molecule has 2 rings (SSSR count). The quantitative estimate of drug-likeness (QED) is 0.852. The fourth-order valence-electron chi connectivity index (χ4n) is 2.20. The number of hydrogen-bond donors (Lipinski definition) is 1. The van der Waals surface area contributed by atoms with Gasteiger partial charge in [-0.2, -0.15) is 0 Å². The summed E-state index contributed by atoms with van der Waals surface area (Å²) in [4.78, 5) is 0. The van der Waals surface area contributed by atoms with Crippen LogP contribution < -0.4 is 5.32 Å². The summed E-state index contributed by atoms with van der Waals surface area (Å²) in [5.74, 6) is 1.41. The third kappa shape index (κ3) is 4.50. The van der Waals surface area contributed by atoms with Crippen molar-refractivity contribution in [2.24, 2.45) is 0 Å². The Morgan fingerprint density at radius 2 is 1.90 bits per heavy atom. The lowest BCUT2D eigenvalue weighted by molar-refractivity contribution is 0.393. The Bertz CT molecular complexity index is 528. The van der Waals surface area contributed by atoms with Crippen molar-refractivity contribution in [1.82, 2.24) is 5.32 Å². The molecular formula is C17H22BrNO. The van der Waals surface area contributed by atoms with E-state index in [-0.39, 0.29) is 5.54 Å². The number of rotatable bonds is 5. The summed E-state index contributed by atoms with van der Waals surface area (Å²) in [6.07, 6.45) is 2.64. The molecule has 1 atom stereocenters. The first-order chi connectivity index (χ1) is 9.46. The fourth-order valence-corrected chi connectivity index (χ4v) is 2.81. The smallest absolute Gasteiger partial charge is 0.104 e. The van der Waals surface area contributed by atoms with Gasteiger partial charge in [0.15, 0.2) is 0 Å². The zero-order chi connectivity index (χ0) is 14.6. The Morgan fingerprint density at radius 1 is 1.15 bits per heavy atom. The predicted octanol–water partition coefficient (Wildman–Crippen LogP) is 4.76. The molecule has 1 unspecified atom stereocenters. The highest BCUT2D eigenvalue weighted by atomic mass is 79.9. The molecule has 108 valence electrons. The van der Waals surface area contributed by atoms with Crippen molar-refractivity contribution in [3.8, 4) is 0 Å². The van der Waals surface area contributed by atoms with E-state index in [1.165, 1.54) is 5.56 Å². The van der Waals surface area contributed by atoms with Crippen LogP contribution >= 0.6 is 15.9 Å². The summed E-state index contributed by atoms with van der Waals surface area (Å²) in [6, 6.07) is 12.4. The molecule has 1 aromatic carbocycles. The average molecular weight is 336 g/mol. The van der Waals surface area contributed by atoms with Crippen molar-refractivity contribution in [3.05, 3.63) is 58.5 Å². The molecular weight excluding hydrogens is 314 g/mol. The largest absolute Gasteiger partial charge is 0.469 e. The highest BCUT2D eigenvalue weighted by molar-refractivity contribution is 9.10. The van der Waals surface area contributed by atoms with E-state index in [1.807, 2.05) is 12.1 Å². The SMILES string of the molecule is CC(C)(C)NCC(Cc1ccco1)c1ccccc1Br. The number of nitrogens with one attached hydrogen (secondary N) is 1. The summed E-state index contributed by atoms with van der Waals surface area (Å²) in [5.41, 5.74) is 1.43. The molecule has 0 spiro atoms. The fraction of sp³-hybridized carbons (Fsp3) is 0.412. The van der Waals surface area contributed by atoms with E-state index in [9.17, 15) is 0 Å². The van der Waals surface area contributed by atoms with Crippen LogP contribution in [0.1, 0.15) is 38.0 Å². The molecule has 20 heavy (non-hydrogen) atoms. The van der Waals surface area contributed by atoms with Crippen molar-refractivity contribution < 1.29 is 4.42 Å². The Labute approximate surface area is 129 Å². The third-order valence-electron chi connectivity index (χ3n) is 3.25. The molecule has 0 radical (unpaired) electrons. The third-order valence-corrected chi connectivity index (χ3v) is 3.97. The molecule has 0 aliphatic rings. The summed E-state index contributed by atoms with van der Waals surface area (Å²) >= 11 is 3.66. The Kier molecular flexibility index (Phi) is 5.06. The van der Waals surface area contributed by atoms with E-state index in [1.54, 1.807) is 6.26 Å². The normalized spacial score (nSPS) is 13.4. The number of hydrogen-bond acceptors (Lipinski definition) is 2. The van der Waals surface area contributed by atoms with Crippen molar-refractivity contribution in [3.63, 3.8) is 0 Å². The van der Waals surface area contributed by atoms with Crippen molar-refractivity contribution in [2.75, 3.05) is 6.54 Å². The van der Waals surface area contributed by atoms with E-state index < -0.39 is 0 Å². The van der Waals surface area contributed by atoms with Crippen LogP contribution in [0.15, 0.2) is 51.6 Å². The maximum Gasteiger partial charge on any atom is 0.104 e. The molecule has 0 fully saturated rings. The number of halogens is 1. The van der Waals surface area contributed by atoms with Crippen molar-refractivity contribution >= 4 is 15.9 Å². The molecule has 0 amide bonds. The van der Waals surface area contributed by atoms with E-state index in [0.717, 1.165) is 23.2 Å². The Balaban J connectivity index is 2.17. The number of furan rings is 1. The first-order valence-corrected chi connectivity index (χ1v) is 7.77. The van der Waals surface area contributed by atoms with Crippen molar-refractivity contribution in [1.29, 1.82) is 0 Å². The van der Waals surface area contributed by atoms with Gasteiger partial charge >= 0.3 is 0 Å². The summed E-state index contributed by atoms with van der Waals surface area (Å²) in [7, 11) is 0. The molecule has 3 heteroatoms. The molecule has 2 nitrogen and oxygen atoms in total. The van der Waals surface area contributed by atoms with Crippen LogP contribution in [-0.4, -0.2) is 12.1 Å². The molecule has 0 saturated heterocycles. The summed E-state index contributed by atoms with van der Waals surface area (Å²) in [5, 5.41) is 3.60. The van der Waals surface area contributed by atoms with Gasteiger partial charge in [0.25, 0.3) is 0 Å². The van der Waals surface area contributed by atoms with Gasteiger partial charge in [0.2, 0.25) is 0 Å². The van der Waals surface area contributed by atoms with E-state index >= 15 is 0 Å². The Hall–Kier alpha value is -1.06. The van der Waals surface area contributed by atoms with E-state index in [4.69, 9.17) is 4.42 Å². The minimum atomic E-state index is 0.114. The highest BCUT2D eigenvalue weighted by Crippen LogP contribution is 2.28. The first kappa shape index (κ1) is 15.3. The van der Waals surface area contributed by atoms with Crippen LogP contribution in [0, 0.1) is 0 Å². The van der Waals surface area contributed by atoms with Gasteiger partial charge in [-0.05, 0) is 44.5 Å². The average Bonchev–Trinajstić information content (AvgIpc) is 2.87. The second kappa shape index (κ2) is 6.59. The second-order valence-electron chi connectivity index (χ2n) is 6.13. The molecule has 0 aliphatic carbocycles. The predicted molar refractivity (Wildman–Crippen MR) is 87.1 cm³/mol. The van der Waals surface area contributed by atoms with Crippen LogP contribution in [0.5, 0.6) is 0 Å².